The molecule has 2 rings (SSSR count). The highest BCUT2D eigenvalue weighted by Crippen LogP contribution is 2.22. The summed E-state index contributed by atoms with van der Waals surface area (Å²) in [5, 5.41) is 9.45. The molecule has 0 bridgehead atoms. The van der Waals surface area contributed by atoms with E-state index in [9.17, 15) is 14.7 Å². The molecular formula is C15H13ClNO3. The minimum absolute atomic E-state index is 0.259. The number of nitrogens with zero attached hydrogens (tertiary/aromatic N) is 1. The van der Waals surface area contributed by atoms with Crippen molar-refractivity contribution >= 4 is 23.5 Å². The van der Waals surface area contributed by atoms with Gasteiger partial charge in [-0.15, -0.1) is 0 Å². The number of benzene rings is 1. The van der Waals surface area contributed by atoms with Gasteiger partial charge in [0.1, 0.15) is 6.04 Å². The van der Waals surface area contributed by atoms with Crippen LogP contribution in [0.25, 0.3) is 0 Å². The molecule has 1 aliphatic heterocycles. The molecule has 1 radical (unpaired) electrons. The molecule has 1 aliphatic rings. The van der Waals surface area contributed by atoms with Gasteiger partial charge in [0.2, 0.25) is 0 Å². The Labute approximate surface area is 122 Å². The molecule has 1 aromatic carbocycles. The Morgan fingerprint density at radius 1 is 1.40 bits per heavy atom. The molecule has 4 nitrogen and oxygen atoms in total. The zero-order valence-electron chi connectivity index (χ0n) is 10.7. The first-order chi connectivity index (χ1) is 9.54. The lowest BCUT2D eigenvalue weighted by Gasteiger charge is -2.33. The number of carbonyl (C=O) groups is 2. The number of carbonyl (C=O) groups excluding carboxylic acids is 1. The second-order valence-corrected chi connectivity index (χ2v) is 5.08. The minimum Gasteiger partial charge on any atom is -0.480 e. The smallest absolute Gasteiger partial charge is 0.326 e. The summed E-state index contributed by atoms with van der Waals surface area (Å²) >= 11 is 5.94. The van der Waals surface area contributed by atoms with E-state index in [2.05, 4.69) is 5.92 Å². The average molecular weight is 291 g/mol. The van der Waals surface area contributed by atoms with Crippen molar-refractivity contribution in [1.29, 1.82) is 0 Å². The zero-order valence-corrected chi connectivity index (χ0v) is 11.5. The first-order valence-corrected chi connectivity index (χ1v) is 6.68. The van der Waals surface area contributed by atoms with Crippen LogP contribution >= 0.6 is 11.6 Å². The van der Waals surface area contributed by atoms with E-state index in [0.717, 1.165) is 12.8 Å². The number of carboxylic acid groups (broad SMARTS) is 1. The predicted molar refractivity (Wildman–Crippen MR) is 74.0 cm³/mol. The fourth-order valence-electron chi connectivity index (χ4n) is 2.35. The third kappa shape index (κ3) is 2.78. The summed E-state index contributed by atoms with van der Waals surface area (Å²) in [5.41, 5.74) is 0.735. The van der Waals surface area contributed by atoms with Crippen molar-refractivity contribution in [2.45, 2.75) is 25.3 Å². The topological polar surface area (TPSA) is 57.6 Å². The van der Waals surface area contributed by atoms with E-state index in [1.54, 1.807) is 6.07 Å². The monoisotopic (exact) mass is 290 g/mol. The molecule has 5 heteroatoms. The standard InChI is InChI=1S/C15H13ClNO3/c1-2-10-6-7-11(9-12(10)16)14(18)17-8-4-3-5-13(17)15(19)20/h6-7,9,13H,3-5,8H2,(H,19,20). The van der Waals surface area contributed by atoms with Crippen molar-refractivity contribution in [3.05, 3.63) is 40.8 Å². The first-order valence-electron chi connectivity index (χ1n) is 6.30. The molecule has 1 N–H and O–H groups in total. The van der Waals surface area contributed by atoms with Gasteiger partial charge in [-0.3, -0.25) is 4.79 Å². The summed E-state index contributed by atoms with van der Waals surface area (Å²) in [6, 6.07) is 3.75. The van der Waals surface area contributed by atoms with Gasteiger partial charge in [0.25, 0.3) is 5.91 Å². The Morgan fingerprint density at radius 3 is 2.75 bits per heavy atom. The molecule has 1 atom stereocenters. The van der Waals surface area contributed by atoms with Gasteiger partial charge in [-0.2, -0.15) is 0 Å². The molecule has 20 heavy (non-hydrogen) atoms. The number of hydrogen-bond acceptors (Lipinski definition) is 2. The molecule has 1 unspecified atom stereocenters. The maximum atomic E-state index is 12.4. The van der Waals surface area contributed by atoms with Gasteiger partial charge >= 0.3 is 5.97 Å². The molecule has 1 fully saturated rings. The number of hydrogen-bond donors (Lipinski definition) is 1. The summed E-state index contributed by atoms with van der Waals surface area (Å²) in [4.78, 5) is 25.0. The van der Waals surface area contributed by atoms with E-state index in [1.165, 1.54) is 17.0 Å². The number of carboxylic acids is 1. The Balaban J connectivity index is 2.28. The van der Waals surface area contributed by atoms with Gasteiger partial charge < -0.3 is 10.0 Å². The third-order valence-corrected chi connectivity index (χ3v) is 3.71. The number of rotatable bonds is 2. The summed E-state index contributed by atoms with van der Waals surface area (Å²) in [6.07, 6.45) is 9.12. The Bertz CT molecular complexity index is 591. The third-order valence-electron chi connectivity index (χ3n) is 3.40. The second kappa shape index (κ2) is 5.98. The van der Waals surface area contributed by atoms with Gasteiger partial charge in [-0.25, -0.2) is 4.79 Å². The number of halogens is 1. The number of aliphatic carboxylic acids is 1. The number of piperidine rings is 1. The van der Waals surface area contributed by atoms with Crippen LogP contribution in [0, 0.1) is 12.3 Å². The van der Waals surface area contributed by atoms with E-state index in [-0.39, 0.29) is 10.9 Å². The first kappa shape index (κ1) is 14.4. The molecule has 0 spiro atoms. The average Bonchev–Trinajstić information content (AvgIpc) is 2.46. The van der Waals surface area contributed by atoms with Crippen LogP contribution in [0.15, 0.2) is 18.2 Å². The zero-order chi connectivity index (χ0) is 14.7. The largest absolute Gasteiger partial charge is 0.480 e. The van der Waals surface area contributed by atoms with Crippen LogP contribution in [0.1, 0.15) is 35.2 Å². The highest BCUT2D eigenvalue weighted by atomic mass is 35.5. The van der Waals surface area contributed by atoms with Crippen molar-refractivity contribution in [3.8, 4) is 5.92 Å². The van der Waals surface area contributed by atoms with Crippen LogP contribution in [-0.4, -0.2) is 34.5 Å². The molecule has 0 saturated carbocycles. The lowest BCUT2D eigenvalue weighted by molar-refractivity contribution is -0.143. The van der Waals surface area contributed by atoms with E-state index >= 15 is 0 Å². The molecule has 0 aromatic heterocycles. The quantitative estimate of drug-likeness (QED) is 0.851. The summed E-state index contributed by atoms with van der Waals surface area (Å²) < 4.78 is 0. The van der Waals surface area contributed by atoms with E-state index in [0.29, 0.717) is 24.1 Å². The molecule has 103 valence electrons. The fraction of sp³-hybridized carbons (Fsp3) is 0.333. The lowest BCUT2D eigenvalue weighted by Crippen LogP contribution is -2.47. The van der Waals surface area contributed by atoms with Crippen molar-refractivity contribution in [1.82, 2.24) is 4.90 Å². The fourth-order valence-corrected chi connectivity index (χ4v) is 2.57. The second-order valence-electron chi connectivity index (χ2n) is 4.67. The van der Waals surface area contributed by atoms with Gasteiger partial charge in [-0.1, -0.05) is 17.5 Å². The molecule has 1 heterocycles. The normalized spacial score (nSPS) is 18.4. The van der Waals surface area contributed by atoms with Crippen molar-refractivity contribution in [3.63, 3.8) is 0 Å². The van der Waals surface area contributed by atoms with Crippen molar-refractivity contribution in [2.24, 2.45) is 0 Å². The summed E-state index contributed by atoms with van der Waals surface area (Å²) in [6.45, 7) is 0.436. The Morgan fingerprint density at radius 2 is 2.15 bits per heavy atom. The van der Waals surface area contributed by atoms with Crippen LogP contribution < -0.4 is 0 Å². The Hall–Kier alpha value is -1.99. The predicted octanol–water partition coefficient (Wildman–Crippen LogP) is 2.36. The highest BCUT2D eigenvalue weighted by molar-refractivity contribution is 6.32. The number of amides is 1. The Kier molecular flexibility index (Phi) is 4.31. The molecule has 0 aliphatic carbocycles. The van der Waals surface area contributed by atoms with Crippen LogP contribution in [-0.2, 0) is 4.79 Å². The van der Waals surface area contributed by atoms with E-state index in [4.69, 9.17) is 18.0 Å². The minimum atomic E-state index is -0.978. The van der Waals surface area contributed by atoms with Gasteiger partial charge in [0, 0.05) is 17.7 Å². The summed E-state index contributed by atoms with van der Waals surface area (Å²) in [5.74, 6) is 0.851. The molecule has 1 saturated heterocycles. The maximum Gasteiger partial charge on any atom is 0.326 e. The van der Waals surface area contributed by atoms with Crippen molar-refractivity contribution in [2.75, 3.05) is 6.54 Å². The SMILES string of the molecule is [C]#Cc1ccc(C(=O)N2CCCCC2C(=O)O)cc1Cl. The van der Waals surface area contributed by atoms with Gasteiger partial charge in [0.15, 0.2) is 0 Å². The van der Waals surface area contributed by atoms with Crippen LogP contribution in [0.2, 0.25) is 5.02 Å². The molecule has 1 aromatic rings. The van der Waals surface area contributed by atoms with Crippen molar-refractivity contribution < 1.29 is 14.7 Å². The van der Waals surface area contributed by atoms with Crippen LogP contribution in [0.5, 0.6) is 0 Å². The maximum absolute atomic E-state index is 12.4. The molecular weight excluding hydrogens is 278 g/mol. The number of likely N-dealkylation sites (tertiary alicyclic amines) is 1. The van der Waals surface area contributed by atoms with Gasteiger partial charge in [-0.05, 0) is 43.9 Å². The molecule has 1 amide bonds. The van der Waals surface area contributed by atoms with Crippen LogP contribution in [0.4, 0.5) is 0 Å². The highest BCUT2D eigenvalue weighted by Gasteiger charge is 2.32. The van der Waals surface area contributed by atoms with E-state index < -0.39 is 12.0 Å². The van der Waals surface area contributed by atoms with Crippen LogP contribution in [0.3, 0.4) is 0 Å². The van der Waals surface area contributed by atoms with Gasteiger partial charge in [0.05, 0.1) is 5.02 Å². The lowest BCUT2D eigenvalue weighted by atomic mass is 10.0. The summed E-state index contributed by atoms with van der Waals surface area (Å²) in [7, 11) is 0. The van der Waals surface area contributed by atoms with E-state index in [1.807, 2.05) is 0 Å².